The van der Waals surface area contributed by atoms with Crippen molar-refractivity contribution in [2.24, 2.45) is 0 Å². The number of carbonyl (C=O) groups is 1. The van der Waals surface area contributed by atoms with Gasteiger partial charge in [0.15, 0.2) is 0 Å². The third-order valence-electron chi connectivity index (χ3n) is 3.90. The zero-order chi connectivity index (χ0) is 17.9. The van der Waals surface area contributed by atoms with E-state index in [0.29, 0.717) is 25.9 Å². The Morgan fingerprint density at radius 2 is 1.76 bits per heavy atom. The molecule has 2 rings (SSSR count). The molecule has 1 amide bonds. The number of nitrogens with one attached hydrogen (secondary N) is 2. The molecule has 0 aromatic heterocycles. The molecule has 0 bridgehead atoms. The van der Waals surface area contributed by atoms with Crippen molar-refractivity contribution < 1.29 is 13.9 Å². The van der Waals surface area contributed by atoms with E-state index in [9.17, 15) is 9.18 Å². The molecule has 2 N–H and O–H groups in total. The summed E-state index contributed by atoms with van der Waals surface area (Å²) < 4.78 is 18.0. The Morgan fingerprint density at radius 3 is 2.52 bits per heavy atom. The summed E-state index contributed by atoms with van der Waals surface area (Å²) in [5.41, 5.74) is 2.22. The quantitative estimate of drug-likeness (QED) is 0.652. The van der Waals surface area contributed by atoms with E-state index in [4.69, 9.17) is 4.74 Å². The summed E-state index contributed by atoms with van der Waals surface area (Å²) in [4.78, 5) is 11.8. The van der Waals surface area contributed by atoms with E-state index < -0.39 is 0 Å². The molecule has 0 saturated carbocycles. The molecule has 0 atom stereocenters. The number of amides is 1. The van der Waals surface area contributed by atoms with Crippen molar-refractivity contribution in [3.63, 3.8) is 0 Å². The summed E-state index contributed by atoms with van der Waals surface area (Å²) in [6.07, 6.45) is 2.04. The molecule has 0 spiro atoms. The Balaban J connectivity index is 1.54. The highest BCUT2D eigenvalue weighted by Gasteiger charge is 2.01. The standard InChI is InChI=1S/C20H25FN2O2/c1-25-19-4-2-3-17(15-19)9-12-22-13-11-20(24)23-14-10-16-5-7-18(21)8-6-16/h2-8,15,22H,9-14H2,1H3,(H,23,24). The third-order valence-corrected chi connectivity index (χ3v) is 3.90. The lowest BCUT2D eigenvalue weighted by molar-refractivity contribution is -0.120. The van der Waals surface area contributed by atoms with Crippen molar-refractivity contribution >= 4 is 5.91 Å². The maximum Gasteiger partial charge on any atom is 0.221 e. The topological polar surface area (TPSA) is 50.4 Å². The molecule has 0 aliphatic carbocycles. The van der Waals surface area contributed by atoms with Crippen LogP contribution in [0.25, 0.3) is 0 Å². The van der Waals surface area contributed by atoms with Gasteiger partial charge in [-0.3, -0.25) is 4.79 Å². The number of ether oxygens (including phenoxy) is 1. The number of carbonyl (C=O) groups excluding carboxylic acids is 1. The summed E-state index contributed by atoms with van der Waals surface area (Å²) in [5.74, 6) is 0.641. The van der Waals surface area contributed by atoms with Crippen LogP contribution in [-0.2, 0) is 17.6 Å². The minimum atomic E-state index is -0.243. The van der Waals surface area contributed by atoms with Crippen molar-refractivity contribution in [3.05, 3.63) is 65.5 Å². The Kier molecular flexibility index (Phi) is 7.92. The van der Waals surface area contributed by atoms with Gasteiger partial charge in [-0.2, -0.15) is 0 Å². The smallest absolute Gasteiger partial charge is 0.221 e. The molecule has 4 nitrogen and oxygen atoms in total. The first kappa shape index (κ1) is 18.9. The van der Waals surface area contributed by atoms with Crippen molar-refractivity contribution in [3.8, 4) is 5.75 Å². The van der Waals surface area contributed by atoms with Crippen LogP contribution in [0.5, 0.6) is 5.75 Å². The fraction of sp³-hybridized carbons (Fsp3) is 0.350. The molecule has 25 heavy (non-hydrogen) atoms. The van der Waals surface area contributed by atoms with Crippen molar-refractivity contribution in [1.29, 1.82) is 0 Å². The second-order valence-electron chi connectivity index (χ2n) is 5.83. The van der Waals surface area contributed by atoms with Crippen LogP contribution in [0.2, 0.25) is 0 Å². The zero-order valence-electron chi connectivity index (χ0n) is 14.6. The van der Waals surface area contributed by atoms with E-state index in [2.05, 4.69) is 16.7 Å². The van der Waals surface area contributed by atoms with E-state index in [0.717, 1.165) is 24.3 Å². The molecule has 0 radical (unpaired) electrons. The highest BCUT2D eigenvalue weighted by molar-refractivity contribution is 5.76. The number of hydrogen-bond acceptors (Lipinski definition) is 3. The van der Waals surface area contributed by atoms with Crippen LogP contribution in [0.1, 0.15) is 17.5 Å². The van der Waals surface area contributed by atoms with Gasteiger partial charge in [-0.15, -0.1) is 0 Å². The molecule has 0 saturated heterocycles. The van der Waals surface area contributed by atoms with Gasteiger partial charge in [-0.05, 0) is 54.8 Å². The summed E-state index contributed by atoms with van der Waals surface area (Å²) in [6.45, 7) is 2.02. The Hall–Kier alpha value is -2.40. The summed E-state index contributed by atoms with van der Waals surface area (Å²) in [5, 5.41) is 6.15. The first-order valence-corrected chi connectivity index (χ1v) is 8.52. The number of methoxy groups -OCH3 is 1. The average Bonchev–Trinajstić information content (AvgIpc) is 2.63. The number of rotatable bonds is 10. The first-order chi connectivity index (χ1) is 12.2. The van der Waals surface area contributed by atoms with Crippen molar-refractivity contribution in [1.82, 2.24) is 10.6 Å². The van der Waals surface area contributed by atoms with Gasteiger partial charge in [0.2, 0.25) is 5.91 Å². The summed E-state index contributed by atoms with van der Waals surface area (Å²) in [6, 6.07) is 14.3. The van der Waals surface area contributed by atoms with Gasteiger partial charge in [-0.25, -0.2) is 4.39 Å². The lowest BCUT2D eigenvalue weighted by Crippen LogP contribution is -2.29. The Labute approximate surface area is 148 Å². The predicted octanol–water partition coefficient (Wildman–Crippen LogP) is 2.72. The maximum absolute atomic E-state index is 12.8. The first-order valence-electron chi connectivity index (χ1n) is 8.52. The molecule has 0 heterocycles. The molecule has 2 aromatic rings. The van der Waals surface area contributed by atoms with E-state index in [-0.39, 0.29) is 11.7 Å². The van der Waals surface area contributed by atoms with E-state index >= 15 is 0 Å². The molecular formula is C20H25FN2O2. The maximum atomic E-state index is 12.8. The van der Waals surface area contributed by atoms with Gasteiger partial charge in [0, 0.05) is 19.5 Å². The van der Waals surface area contributed by atoms with Crippen LogP contribution in [0.3, 0.4) is 0 Å². The molecule has 0 aliphatic heterocycles. The zero-order valence-corrected chi connectivity index (χ0v) is 14.6. The molecule has 0 fully saturated rings. The molecule has 2 aromatic carbocycles. The van der Waals surface area contributed by atoms with E-state index in [1.807, 2.05) is 18.2 Å². The molecule has 5 heteroatoms. The summed E-state index contributed by atoms with van der Waals surface area (Å²) in [7, 11) is 1.66. The van der Waals surface area contributed by atoms with Crippen molar-refractivity contribution in [2.75, 3.05) is 26.7 Å². The van der Waals surface area contributed by atoms with Gasteiger partial charge >= 0.3 is 0 Å². The molecule has 134 valence electrons. The highest BCUT2D eigenvalue weighted by atomic mass is 19.1. The second-order valence-corrected chi connectivity index (χ2v) is 5.83. The molecule has 0 unspecified atom stereocenters. The largest absolute Gasteiger partial charge is 0.497 e. The predicted molar refractivity (Wildman–Crippen MR) is 97.3 cm³/mol. The number of hydrogen-bond donors (Lipinski definition) is 2. The van der Waals surface area contributed by atoms with Gasteiger partial charge in [-0.1, -0.05) is 24.3 Å². The Bertz CT molecular complexity index is 659. The van der Waals surface area contributed by atoms with Crippen molar-refractivity contribution in [2.45, 2.75) is 19.3 Å². The normalized spacial score (nSPS) is 10.5. The molecular weight excluding hydrogens is 319 g/mol. The number of halogens is 1. The summed E-state index contributed by atoms with van der Waals surface area (Å²) >= 11 is 0. The van der Waals surface area contributed by atoms with Crippen LogP contribution in [0.15, 0.2) is 48.5 Å². The highest BCUT2D eigenvalue weighted by Crippen LogP contribution is 2.12. The minimum absolute atomic E-state index is 0.0241. The molecule has 0 aliphatic rings. The third kappa shape index (κ3) is 7.35. The van der Waals surface area contributed by atoms with Crippen LogP contribution in [-0.4, -0.2) is 32.7 Å². The van der Waals surface area contributed by atoms with E-state index in [1.54, 1.807) is 19.2 Å². The lowest BCUT2D eigenvalue weighted by Gasteiger charge is -2.08. The number of benzene rings is 2. The van der Waals surface area contributed by atoms with Crippen LogP contribution >= 0.6 is 0 Å². The van der Waals surface area contributed by atoms with Gasteiger partial charge in [0.05, 0.1) is 7.11 Å². The van der Waals surface area contributed by atoms with Crippen LogP contribution < -0.4 is 15.4 Å². The van der Waals surface area contributed by atoms with Crippen LogP contribution in [0, 0.1) is 5.82 Å². The minimum Gasteiger partial charge on any atom is -0.497 e. The fourth-order valence-electron chi connectivity index (χ4n) is 2.47. The SMILES string of the molecule is COc1cccc(CCNCCC(=O)NCCc2ccc(F)cc2)c1. The van der Waals surface area contributed by atoms with Gasteiger partial charge < -0.3 is 15.4 Å². The monoisotopic (exact) mass is 344 g/mol. The van der Waals surface area contributed by atoms with Gasteiger partial charge in [0.25, 0.3) is 0 Å². The van der Waals surface area contributed by atoms with Crippen LogP contribution in [0.4, 0.5) is 4.39 Å². The second kappa shape index (κ2) is 10.5. The van der Waals surface area contributed by atoms with E-state index in [1.165, 1.54) is 17.7 Å². The average molecular weight is 344 g/mol. The lowest BCUT2D eigenvalue weighted by atomic mass is 10.1. The van der Waals surface area contributed by atoms with Gasteiger partial charge in [0.1, 0.15) is 11.6 Å². The Morgan fingerprint density at radius 1 is 1.00 bits per heavy atom. The fourth-order valence-corrected chi connectivity index (χ4v) is 2.47.